The van der Waals surface area contributed by atoms with Gasteiger partial charge in [-0.3, -0.25) is 0 Å². The van der Waals surface area contributed by atoms with Gasteiger partial charge in [-0.2, -0.15) is 0 Å². The molecule has 0 aliphatic heterocycles. The molecular formula is C21H28BrNO3. The van der Waals surface area contributed by atoms with Gasteiger partial charge in [0, 0.05) is 16.6 Å². The van der Waals surface area contributed by atoms with Gasteiger partial charge >= 0.3 is 0 Å². The second-order valence-corrected chi connectivity index (χ2v) is 7.85. The van der Waals surface area contributed by atoms with Crippen molar-refractivity contribution in [2.45, 2.75) is 46.4 Å². The molecule has 0 heterocycles. The zero-order valence-corrected chi connectivity index (χ0v) is 17.5. The maximum atomic E-state index is 9.40. The molecular weight excluding hydrogens is 394 g/mol. The first-order valence-electron chi connectivity index (χ1n) is 8.84. The molecule has 2 N–H and O–H groups in total. The summed E-state index contributed by atoms with van der Waals surface area (Å²) in [6, 6.07) is 12.2. The summed E-state index contributed by atoms with van der Waals surface area (Å²) in [5, 5.41) is 12.7. The molecule has 0 fully saturated rings. The first-order valence-corrected chi connectivity index (χ1v) is 9.63. The fourth-order valence-corrected chi connectivity index (χ4v) is 2.91. The van der Waals surface area contributed by atoms with Crippen LogP contribution in [0.3, 0.4) is 0 Å². The molecule has 4 nitrogen and oxygen atoms in total. The maximum Gasteiger partial charge on any atom is 0.162 e. The summed E-state index contributed by atoms with van der Waals surface area (Å²) in [6.45, 7) is 9.70. The van der Waals surface area contributed by atoms with E-state index in [4.69, 9.17) is 9.47 Å². The smallest absolute Gasteiger partial charge is 0.162 e. The number of aryl methyl sites for hydroxylation is 1. The average molecular weight is 422 g/mol. The first kappa shape index (κ1) is 20.7. The Morgan fingerprint density at radius 2 is 1.85 bits per heavy atom. The van der Waals surface area contributed by atoms with E-state index in [1.54, 1.807) is 0 Å². The normalized spacial score (nSPS) is 11.5. The van der Waals surface area contributed by atoms with Crippen molar-refractivity contribution in [1.82, 2.24) is 5.32 Å². The number of hydrogen-bond acceptors (Lipinski definition) is 4. The number of aliphatic hydroxyl groups is 1. The van der Waals surface area contributed by atoms with Crippen molar-refractivity contribution >= 4 is 15.9 Å². The summed E-state index contributed by atoms with van der Waals surface area (Å²) in [7, 11) is 0. The molecule has 0 saturated carbocycles. The molecule has 26 heavy (non-hydrogen) atoms. The summed E-state index contributed by atoms with van der Waals surface area (Å²) in [6.07, 6.45) is 0. The van der Waals surface area contributed by atoms with Gasteiger partial charge in [0.1, 0.15) is 6.61 Å². The quantitative estimate of drug-likeness (QED) is 0.621. The van der Waals surface area contributed by atoms with E-state index in [0.29, 0.717) is 25.5 Å². The van der Waals surface area contributed by atoms with E-state index in [1.165, 1.54) is 5.56 Å². The van der Waals surface area contributed by atoms with Crippen LogP contribution in [0.1, 0.15) is 37.5 Å². The highest BCUT2D eigenvalue weighted by atomic mass is 79.9. The van der Waals surface area contributed by atoms with Crippen molar-refractivity contribution in [1.29, 1.82) is 0 Å². The molecule has 0 amide bonds. The zero-order valence-electron chi connectivity index (χ0n) is 15.9. The molecule has 0 aliphatic carbocycles. The second-order valence-electron chi connectivity index (χ2n) is 7.00. The molecule has 2 rings (SSSR count). The van der Waals surface area contributed by atoms with Crippen LogP contribution in [0, 0.1) is 6.92 Å². The lowest BCUT2D eigenvalue weighted by Gasteiger charge is -2.24. The Morgan fingerprint density at radius 1 is 1.12 bits per heavy atom. The number of rotatable bonds is 9. The number of hydrogen-bond donors (Lipinski definition) is 2. The van der Waals surface area contributed by atoms with Gasteiger partial charge < -0.3 is 19.9 Å². The summed E-state index contributed by atoms with van der Waals surface area (Å²) >= 11 is 3.62. The number of benzene rings is 2. The van der Waals surface area contributed by atoms with E-state index >= 15 is 0 Å². The Bertz CT molecular complexity index is 731. The van der Waals surface area contributed by atoms with Crippen molar-refractivity contribution in [2.75, 3.05) is 13.2 Å². The predicted molar refractivity (Wildman–Crippen MR) is 109 cm³/mol. The number of aliphatic hydroxyl groups excluding tert-OH is 1. The highest BCUT2D eigenvalue weighted by Crippen LogP contribution is 2.34. The van der Waals surface area contributed by atoms with E-state index in [0.717, 1.165) is 21.3 Å². The lowest BCUT2D eigenvalue weighted by Crippen LogP contribution is -2.42. The largest absolute Gasteiger partial charge is 0.490 e. The second kappa shape index (κ2) is 9.40. The zero-order chi connectivity index (χ0) is 19.2. The standard InChI is InChI=1S/C21H28BrNO3/c1-5-25-19-10-17(12-23-21(3,4)14-24)18(22)11-20(19)26-13-16-8-6-7-15(2)9-16/h6-11,23-24H,5,12-14H2,1-4H3. The van der Waals surface area contributed by atoms with Gasteiger partial charge in [0.25, 0.3) is 0 Å². The Labute approximate surface area is 164 Å². The number of ether oxygens (including phenoxy) is 2. The van der Waals surface area contributed by atoms with Crippen LogP contribution < -0.4 is 14.8 Å². The Morgan fingerprint density at radius 3 is 2.50 bits per heavy atom. The SMILES string of the molecule is CCOc1cc(CNC(C)(C)CO)c(Br)cc1OCc1cccc(C)c1. The molecule has 0 aliphatic rings. The molecule has 0 unspecified atom stereocenters. The van der Waals surface area contributed by atoms with Crippen LogP contribution >= 0.6 is 15.9 Å². The molecule has 0 atom stereocenters. The summed E-state index contributed by atoms with van der Waals surface area (Å²) in [4.78, 5) is 0. The van der Waals surface area contributed by atoms with Gasteiger partial charge in [0.05, 0.1) is 13.2 Å². The molecule has 142 valence electrons. The van der Waals surface area contributed by atoms with Gasteiger partial charge in [-0.25, -0.2) is 0 Å². The van der Waals surface area contributed by atoms with Crippen molar-refractivity contribution in [3.8, 4) is 11.5 Å². The van der Waals surface area contributed by atoms with E-state index in [1.807, 2.05) is 39.0 Å². The minimum absolute atomic E-state index is 0.0701. The van der Waals surface area contributed by atoms with Crippen LogP contribution in [0.25, 0.3) is 0 Å². The molecule has 0 aromatic heterocycles. The summed E-state index contributed by atoms with van der Waals surface area (Å²) < 4.78 is 12.7. The van der Waals surface area contributed by atoms with E-state index < -0.39 is 0 Å². The molecule has 2 aromatic rings. The predicted octanol–water partition coefficient (Wildman–Crippen LogP) is 4.60. The minimum atomic E-state index is -0.342. The maximum absolute atomic E-state index is 9.40. The highest BCUT2D eigenvalue weighted by molar-refractivity contribution is 9.10. The average Bonchev–Trinajstić information content (AvgIpc) is 2.61. The fourth-order valence-electron chi connectivity index (χ4n) is 2.45. The molecule has 0 saturated heterocycles. The topological polar surface area (TPSA) is 50.7 Å². The first-order chi connectivity index (χ1) is 12.3. The van der Waals surface area contributed by atoms with Crippen LogP contribution in [-0.4, -0.2) is 23.9 Å². The molecule has 2 aromatic carbocycles. The minimum Gasteiger partial charge on any atom is -0.490 e. The highest BCUT2D eigenvalue weighted by Gasteiger charge is 2.17. The molecule has 0 radical (unpaired) electrons. The van der Waals surface area contributed by atoms with Crippen molar-refractivity contribution in [3.63, 3.8) is 0 Å². The summed E-state index contributed by atoms with van der Waals surface area (Å²) in [5.41, 5.74) is 3.05. The molecule has 0 spiro atoms. The van der Waals surface area contributed by atoms with E-state index in [-0.39, 0.29) is 12.1 Å². The third-order valence-corrected chi connectivity index (χ3v) is 4.78. The van der Waals surface area contributed by atoms with Crippen LogP contribution in [0.5, 0.6) is 11.5 Å². The molecule has 0 bridgehead atoms. The number of nitrogens with one attached hydrogen (secondary N) is 1. The third-order valence-electron chi connectivity index (χ3n) is 4.04. The van der Waals surface area contributed by atoms with E-state index in [9.17, 15) is 5.11 Å². The molecule has 5 heteroatoms. The monoisotopic (exact) mass is 421 g/mol. The van der Waals surface area contributed by atoms with Gasteiger partial charge in [0.15, 0.2) is 11.5 Å². The van der Waals surface area contributed by atoms with Gasteiger partial charge in [-0.05, 0) is 51.0 Å². The Balaban J connectivity index is 2.16. The fraction of sp³-hybridized carbons (Fsp3) is 0.429. The van der Waals surface area contributed by atoms with Crippen molar-refractivity contribution < 1.29 is 14.6 Å². The Kier molecular flexibility index (Phi) is 7.50. The van der Waals surface area contributed by atoms with Crippen LogP contribution in [0.4, 0.5) is 0 Å². The van der Waals surface area contributed by atoms with Crippen LogP contribution in [0.15, 0.2) is 40.9 Å². The van der Waals surface area contributed by atoms with Crippen molar-refractivity contribution in [2.24, 2.45) is 0 Å². The van der Waals surface area contributed by atoms with Gasteiger partial charge in [-0.15, -0.1) is 0 Å². The third kappa shape index (κ3) is 6.01. The lowest BCUT2D eigenvalue weighted by atomic mass is 10.1. The van der Waals surface area contributed by atoms with Crippen LogP contribution in [0.2, 0.25) is 0 Å². The van der Waals surface area contributed by atoms with E-state index in [2.05, 4.69) is 46.4 Å². The van der Waals surface area contributed by atoms with Gasteiger partial charge in [0.2, 0.25) is 0 Å². The Hall–Kier alpha value is -1.56. The van der Waals surface area contributed by atoms with Crippen molar-refractivity contribution in [3.05, 3.63) is 57.6 Å². The summed E-state index contributed by atoms with van der Waals surface area (Å²) in [5.74, 6) is 1.44. The number of halogens is 1. The lowest BCUT2D eigenvalue weighted by molar-refractivity contribution is 0.187. The van der Waals surface area contributed by atoms with Crippen LogP contribution in [-0.2, 0) is 13.2 Å². The van der Waals surface area contributed by atoms with Gasteiger partial charge in [-0.1, -0.05) is 45.8 Å².